The summed E-state index contributed by atoms with van der Waals surface area (Å²) in [6, 6.07) is 3.71. The number of carboxylic acid groups (broad SMARTS) is 1. The van der Waals surface area contributed by atoms with E-state index in [0.717, 1.165) is 0 Å². The van der Waals surface area contributed by atoms with Crippen LogP contribution in [0.1, 0.15) is 23.7 Å². The van der Waals surface area contributed by atoms with E-state index in [-0.39, 0.29) is 16.9 Å². The zero-order valence-corrected chi connectivity index (χ0v) is 11.0. The van der Waals surface area contributed by atoms with E-state index in [1.54, 1.807) is 6.92 Å². The molecular weight excluding hydrogens is 272 g/mol. The quantitative estimate of drug-likeness (QED) is 0.674. The SMILES string of the molecule is CC[C@@H](NS(=O)(=O)c1ccc(C(N)=O)cc1)C(=O)O. The van der Waals surface area contributed by atoms with Gasteiger partial charge in [0, 0.05) is 5.56 Å². The minimum absolute atomic E-state index is 0.119. The molecule has 0 aliphatic heterocycles. The van der Waals surface area contributed by atoms with Gasteiger partial charge in [-0.05, 0) is 30.7 Å². The molecule has 1 aromatic rings. The highest BCUT2D eigenvalue weighted by Gasteiger charge is 2.23. The molecule has 0 aliphatic carbocycles. The minimum Gasteiger partial charge on any atom is -0.480 e. The summed E-state index contributed by atoms with van der Waals surface area (Å²) in [6.07, 6.45) is 0.119. The summed E-state index contributed by atoms with van der Waals surface area (Å²) < 4.78 is 25.9. The van der Waals surface area contributed by atoms with Gasteiger partial charge in [0.1, 0.15) is 6.04 Å². The predicted molar refractivity (Wildman–Crippen MR) is 67.0 cm³/mol. The van der Waals surface area contributed by atoms with Crippen molar-refractivity contribution in [3.63, 3.8) is 0 Å². The molecule has 0 fully saturated rings. The summed E-state index contributed by atoms with van der Waals surface area (Å²) >= 11 is 0. The van der Waals surface area contributed by atoms with Crippen LogP contribution >= 0.6 is 0 Å². The van der Waals surface area contributed by atoms with Crippen LogP contribution in [0.2, 0.25) is 0 Å². The maximum atomic E-state index is 11.9. The lowest BCUT2D eigenvalue weighted by Crippen LogP contribution is -2.40. The highest BCUT2D eigenvalue weighted by atomic mass is 32.2. The van der Waals surface area contributed by atoms with Crippen LogP contribution in [-0.2, 0) is 14.8 Å². The van der Waals surface area contributed by atoms with Crippen LogP contribution in [0.5, 0.6) is 0 Å². The zero-order valence-electron chi connectivity index (χ0n) is 10.2. The summed E-state index contributed by atoms with van der Waals surface area (Å²) in [7, 11) is -3.94. The number of nitrogens with two attached hydrogens (primary N) is 1. The van der Waals surface area contributed by atoms with E-state index < -0.39 is 27.9 Å². The van der Waals surface area contributed by atoms with Gasteiger partial charge in [-0.15, -0.1) is 0 Å². The van der Waals surface area contributed by atoms with Gasteiger partial charge < -0.3 is 10.8 Å². The highest BCUT2D eigenvalue weighted by Crippen LogP contribution is 2.11. The summed E-state index contributed by atoms with van der Waals surface area (Å²) in [5.41, 5.74) is 5.20. The molecule has 0 bridgehead atoms. The first-order chi connectivity index (χ1) is 8.77. The number of carbonyl (C=O) groups excluding carboxylic acids is 1. The molecular formula is C11H14N2O5S. The van der Waals surface area contributed by atoms with Crippen molar-refractivity contribution < 1.29 is 23.1 Å². The molecule has 1 amide bonds. The largest absolute Gasteiger partial charge is 0.480 e. The van der Waals surface area contributed by atoms with E-state index in [1.807, 2.05) is 0 Å². The predicted octanol–water partition coefficient (Wildman–Crippen LogP) is -0.0730. The lowest BCUT2D eigenvalue weighted by molar-refractivity contribution is -0.139. The van der Waals surface area contributed by atoms with E-state index >= 15 is 0 Å². The third-order valence-electron chi connectivity index (χ3n) is 2.45. The second-order valence-corrected chi connectivity index (χ2v) is 5.52. The Labute approximate surface area is 110 Å². The number of rotatable bonds is 6. The number of hydrogen-bond donors (Lipinski definition) is 3. The lowest BCUT2D eigenvalue weighted by Gasteiger charge is -2.12. The van der Waals surface area contributed by atoms with Crippen molar-refractivity contribution in [1.82, 2.24) is 4.72 Å². The smallest absolute Gasteiger partial charge is 0.321 e. The van der Waals surface area contributed by atoms with Crippen molar-refractivity contribution in [3.05, 3.63) is 29.8 Å². The van der Waals surface area contributed by atoms with Crippen LogP contribution in [0.15, 0.2) is 29.2 Å². The van der Waals surface area contributed by atoms with Crippen molar-refractivity contribution in [3.8, 4) is 0 Å². The fourth-order valence-corrected chi connectivity index (χ4v) is 2.63. The highest BCUT2D eigenvalue weighted by molar-refractivity contribution is 7.89. The molecule has 0 saturated heterocycles. The number of aliphatic carboxylic acids is 1. The summed E-state index contributed by atoms with van der Waals surface area (Å²) in [5.74, 6) is -1.92. The van der Waals surface area contributed by atoms with Crippen molar-refractivity contribution in [2.24, 2.45) is 5.73 Å². The molecule has 0 radical (unpaired) electrons. The van der Waals surface area contributed by atoms with E-state index in [4.69, 9.17) is 10.8 Å². The van der Waals surface area contributed by atoms with Crippen molar-refractivity contribution in [2.75, 3.05) is 0 Å². The van der Waals surface area contributed by atoms with Crippen molar-refractivity contribution >= 4 is 21.9 Å². The molecule has 1 rings (SSSR count). The molecule has 0 aliphatic rings. The molecule has 8 heteroatoms. The van der Waals surface area contributed by atoms with E-state index in [2.05, 4.69) is 4.72 Å². The van der Waals surface area contributed by atoms with Gasteiger partial charge in [0.25, 0.3) is 0 Å². The first-order valence-corrected chi connectivity index (χ1v) is 6.91. The Morgan fingerprint density at radius 3 is 2.21 bits per heavy atom. The number of carboxylic acids is 1. The molecule has 19 heavy (non-hydrogen) atoms. The Hall–Kier alpha value is -1.93. The number of nitrogens with one attached hydrogen (secondary N) is 1. The van der Waals surface area contributed by atoms with Gasteiger partial charge in [0.05, 0.1) is 4.90 Å². The average molecular weight is 286 g/mol. The van der Waals surface area contributed by atoms with Crippen LogP contribution < -0.4 is 10.5 Å². The maximum absolute atomic E-state index is 11.9. The standard InChI is InChI=1S/C11H14N2O5S/c1-2-9(11(15)16)13-19(17,18)8-5-3-7(4-6-8)10(12)14/h3-6,9,13H,2H2,1H3,(H2,12,14)(H,15,16)/t9-/m1/s1. The Balaban J connectivity index is 3.00. The molecule has 4 N–H and O–H groups in total. The number of carbonyl (C=O) groups is 2. The normalized spacial score (nSPS) is 12.9. The van der Waals surface area contributed by atoms with Gasteiger partial charge in [-0.3, -0.25) is 9.59 Å². The van der Waals surface area contributed by atoms with Gasteiger partial charge in [-0.2, -0.15) is 4.72 Å². The molecule has 0 saturated carbocycles. The molecule has 1 atom stereocenters. The van der Waals surface area contributed by atoms with Crippen LogP contribution in [0, 0.1) is 0 Å². The number of hydrogen-bond acceptors (Lipinski definition) is 4. The summed E-state index contributed by atoms with van der Waals surface area (Å²) in [5, 5.41) is 8.81. The first kappa shape index (κ1) is 15.1. The molecule has 1 aromatic carbocycles. The second-order valence-electron chi connectivity index (χ2n) is 3.81. The van der Waals surface area contributed by atoms with Crippen LogP contribution in [0.3, 0.4) is 0 Å². The number of sulfonamides is 1. The number of benzene rings is 1. The van der Waals surface area contributed by atoms with Gasteiger partial charge >= 0.3 is 5.97 Å². The molecule has 0 spiro atoms. The molecule has 0 aromatic heterocycles. The molecule has 7 nitrogen and oxygen atoms in total. The van der Waals surface area contributed by atoms with Gasteiger partial charge in [-0.1, -0.05) is 6.92 Å². The number of amides is 1. The van der Waals surface area contributed by atoms with E-state index in [9.17, 15) is 18.0 Å². The van der Waals surface area contributed by atoms with Crippen molar-refractivity contribution in [2.45, 2.75) is 24.3 Å². The lowest BCUT2D eigenvalue weighted by atomic mass is 10.2. The Bertz CT molecular complexity index is 580. The van der Waals surface area contributed by atoms with Crippen LogP contribution in [0.25, 0.3) is 0 Å². The Kier molecular flexibility index (Phi) is 4.62. The molecule has 0 unspecified atom stereocenters. The van der Waals surface area contributed by atoms with Crippen molar-refractivity contribution in [1.29, 1.82) is 0 Å². The Morgan fingerprint density at radius 1 is 1.32 bits per heavy atom. The minimum atomic E-state index is -3.94. The van der Waals surface area contributed by atoms with Gasteiger partial charge in [0.15, 0.2) is 0 Å². The molecule has 104 valence electrons. The van der Waals surface area contributed by atoms with Crippen LogP contribution in [-0.4, -0.2) is 31.4 Å². The molecule has 0 heterocycles. The monoisotopic (exact) mass is 286 g/mol. The van der Waals surface area contributed by atoms with Gasteiger partial charge in [-0.25, -0.2) is 8.42 Å². The number of primary amides is 1. The second kappa shape index (κ2) is 5.81. The third-order valence-corrected chi connectivity index (χ3v) is 3.94. The third kappa shape index (κ3) is 3.76. The fourth-order valence-electron chi connectivity index (χ4n) is 1.36. The Morgan fingerprint density at radius 2 is 1.84 bits per heavy atom. The topological polar surface area (TPSA) is 127 Å². The summed E-state index contributed by atoms with van der Waals surface area (Å²) in [4.78, 5) is 21.5. The van der Waals surface area contributed by atoms with Gasteiger partial charge in [0.2, 0.25) is 15.9 Å². The first-order valence-electron chi connectivity index (χ1n) is 5.43. The zero-order chi connectivity index (χ0) is 14.6. The summed E-state index contributed by atoms with van der Waals surface area (Å²) in [6.45, 7) is 1.55. The van der Waals surface area contributed by atoms with Crippen LogP contribution in [0.4, 0.5) is 0 Å². The maximum Gasteiger partial charge on any atom is 0.321 e. The van der Waals surface area contributed by atoms with E-state index in [0.29, 0.717) is 0 Å². The van der Waals surface area contributed by atoms with E-state index in [1.165, 1.54) is 24.3 Å². The fraction of sp³-hybridized carbons (Fsp3) is 0.273. The average Bonchev–Trinajstić information content (AvgIpc) is 2.35.